The fourth-order valence-corrected chi connectivity index (χ4v) is 6.18. The summed E-state index contributed by atoms with van der Waals surface area (Å²) >= 11 is 0. The molecule has 0 saturated carbocycles. The fraction of sp³-hybridized carbons (Fsp3) is 0.367. The number of nitrogens with zero attached hydrogens (tertiary/aromatic N) is 2. The molecule has 1 atom stereocenters. The number of H-pyrrole nitrogens is 1. The van der Waals surface area contributed by atoms with Gasteiger partial charge < -0.3 is 19.9 Å². The molecule has 6 rings (SSSR count). The number of hydrogen-bond donors (Lipinski definition) is 2. The number of ether oxygens (including phenoxy) is 1. The number of urea groups is 1. The molecule has 1 aliphatic carbocycles. The van der Waals surface area contributed by atoms with E-state index in [2.05, 4.69) is 16.4 Å². The molecule has 0 spiro atoms. The lowest BCUT2D eigenvalue weighted by Crippen LogP contribution is -2.49. The van der Waals surface area contributed by atoms with Crippen molar-refractivity contribution in [2.75, 3.05) is 25.1 Å². The van der Waals surface area contributed by atoms with E-state index in [-0.39, 0.29) is 11.8 Å². The van der Waals surface area contributed by atoms with Crippen molar-refractivity contribution in [1.82, 2.24) is 15.2 Å². The predicted octanol–water partition coefficient (Wildman–Crippen LogP) is 5.04. The number of imide groups is 1. The third kappa shape index (κ3) is 3.69. The summed E-state index contributed by atoms with van der Waals surface area (Å²) in [5, 5.41) is 3.99. The van der Waals surface area contributed by atoms with E-state index in [0.717, 1.165) is 47.2 Å². The van der Waals surface area contributed by atoms with E-state index in [1.54, 1.807) is 43.2 Å². The van der Waals surface area contributed by atoms with Crippen LogP contribution in [0.3, 0.4) is 0 Å². The third-order valence-corrected chi connectivity index (χ3v) is 8.27. The zero-order valence-electron chi connectivity index (χ0n) is 21.8. The maximum atomic E-state index is 14.1. The van der Waals surface area contributed by atoms with Crippen LogP contribution in [0.1, 0.15) is 60.6 Å². The van der Waals surface area contributed by atoms with Gasteiger partial charge in [0.2, 0.25) is 0 Å². The van der Waals surface area contributed by atoms with E-state index < -0.39 is 11.6 Å². The molecule has 2 aromatic carbocycles. The van der Waals surface area contributed by atoms with Gasteiger partial charge in [-0.05, 0) is 81.3 Å². The summed E-state index contributed by atoms with van der Waals surface area (Å²) < 4.78 is 5.41. The molecule has 2 aliphatic heterocycles. The summed E-state index contributed by atoms with van der Waals surface area (Å²) in [6.45, 7) is 2.71. The summed E-state index contributed by atoms with van der Waals surface area (Å²) in [5.74, 6) is 0.0858. The van der Waals surface area contributed by atoms with Crippen LogP contribution >= 0.6 is 0 Å². The molecule has 0 bridgehead atoms. The van der Waals surface area contributed by atoms with Crippen molar-refractivity contribution in [3.05, 3.63) is 70.9 Å². The highest BCUT2D eigenvalue weighted by molar-refractivity contribution is 6.25. The van der Waals surface area contributed by atoms with Crippen LogP contribution in [-0.4, -0.2) is 47.9 Å². The highest BCUT2D eigenvalue weighted by atomic mass is 16.5. The molecule has 3 heterocycles. The number of fused-ring (bicyclic) bond motifs is 5. The predicted molar refractivity (Wildman–Crippen MR) is 145 cm³/mol. The molecule has 8 heteroatoms. The quantitative estimate of drug-likeness (QED) is 0.358. The van der Waals surface area contributed by atoms with E-state index in [4.69, 9.17) is 4.74 Å². The summed E-state index contributed by atoms with van der Waals surface area (Å²) in [6.07, 6.45) is 8.31. The first kappa shape index (κ1) is 24.3. The Labute approximate surface area is 221 Å². The lowest BCUT2D eigenvalue weighted by molar-refractivity contribution is -0.125. The molecule has 1 aromatic heterocycles. The molecular weight excluding hydrogens is 480 g/mol. The number of amides is 4. The van der Waals surface area contributed by atoms with Gasteiger partial charge in [-0.25, -0.2) is 9.69 Å². The maximum absolute atomic E-state index is 14.1. The van der Waals surface area contributed by atoms with Crippen LogP contribution in [-0.2, 0) is 16.8 Å². The monoisotopic (exact) mass is 512 g/mol. The summed E-state index contributed by atoms with van der Waals surface area (Å²) in [4.78, 5) is 47.3. The summed E-state index contributed by atoms with van der Waals surface area (Å²) in [5.41, 5.74) is 3.44. The molecule has 1 saturated heterocycles. The number of allylic oxidation sites excluding steroid dienone is 1. The average Bonchev–Trinajstić information content (AvgIpc) is 3.41. The van der Waals surface area contributed by atoms with Crippen molar-refractivity contribution in [2.45, 2.75) is 51.0 Å². The summed E-state index contributed by atoms with van der Waals surface area (Å²) in [7, 11) is 1.63. The smallest absolute Gasteiger partial charge is 0.332 e. The topological polar surface area (TPSA) is 94.7 Å². The van der Waals surface area contributed by atoms with Crippen molar-refractivity contribution in [2.24, 2.45) is 0 Å². The van der Waals surface area contributed by atoms with Gasteiger partial charge in [0.1, 0.15) is 5.75 Å². The standard InChI is InChI=1S/C30H32N4O4/c1-30-26-21(23-18-20(38-2)12-13-24(23)32-26)15-17-33(30)29(37)34(28(30)36)25-11-7-6-10-22(25)27(35)31-16-14-19-8-4-3-5-9-19/h6-8,10-13,18,32H,3-5,9,14-17H2,1-2H3,(H,31,35)/t30-/m0/s1. The molecule has 1 fully saturated rings. The zero-order chi connectivity index (χ0) is 26.4. The molecule has 3 aromatic rings. The molecule has 0 radical (unpaired) electrons. The average molecular weight is 513 g/mol. The van der Waals surface area contributed by atoms with Gasteiger partial charge in [-0.1, -0.05) is 23.8 Å². The van der Waals surface area contributed by atoms with E-state index in [1.165, 1.54) is 23.3 Å². The van der Waals surface area contributed by atoms with Gasteiger partial charge in [0.15, 0.2) is 5.54 Å². The second-order valence-corrected chi connectivity index (χ2v) is 10.4. The molecule has 3 aliphatic rings. The van der Waals surface area contributed by atoms with Crippen LogP contribution in [0, 0.1) is 0 Å². The van der Waals surface area contributed by atoms with Crippen LogP contribution < -0.4 is 15.0 Å². The second-order valence-electron chi connectivity index (χ2n) is 10.4. The minimum Gasteiger partial charge on any atom is -0.497 e. The van der Waals surface area contributed by atoms with Crippen LogP contribution in [0.4, 0.5) is 10.5 Å². The number of aromatic amines is 1. The van der Waals surface area contributed by atoms with Gasteiger partial charge >= 0.3 is 6.03 Å². The van der Waals surface area contributed by atoms with Crippen LogP contribution in [0.5, 0.6) is 5.75 Å². The minimum absolute atomic E-state index is 0.286. The number of aromatic nitrogens is 1. The molecule has 2 N–H and O–H groups in total. The Kier molecular flexibility index (Phi) is 5.97. The van der Waals surface area contributed by atoms with Gasteiger partial charge in [-0.15, -0.1) is 0 Å². The van der Waals surface area contributed by atoms with Crippen LogP contribution in [0.25, 0.3) is 10.9 Å². The highest BCUT2D eigenvalue weighted by Crippen LogP contribution is 2.46. The Morgan fingerprint density at radius 3 is 2.76 bits per heavy atom. The number of methoxy groups -OCH3 is 1. The van der Waals surface area contributed by atoms with E-state index >= 15 is 0 Å². The number of carbonyl (C=O) groups is 3. The lowest BCUT2D eigenvalue weighted by Gasteiger charge is -2.35. The van der Waals surface area contributed by atoms with Crippen molar-refractivity contribution < 1.29 is 19.1 Å². The lowest BCUT2D eigenvalue weighted by atomic mass is 9.87. The summed E-state index contributed by atoms with van der Waals surface area (Å²) in [6, 6.07) is 12.2. The third-order valence-electron chi connectivity index (χ3n) is 8.27. The number of rotatable bonds is 6. The maximum Gasteiger partial charge on any atom is 0.332 e. The molecule has 196 valence electrons. The first-order chi connectivity index (χ1) is 18.4. The fourth-order valence-electron chi connectivity index (χ4n) is 6.18. The normalized spacial score (nSPS) is 20.8. The highest BCUT2D eigenvalue weighted by Gasteiger charge is 2.59. The Morgan fingerprint density at radius 1 is 1.13 bits per heavy atom. The van der Waals surface area contributed by atoms with E-state index in [0.29, 0.717) is 30.8 Å². The van der Waals surface area contributed by atoms with Gasteiger partial charge in [-0.3, -0.25) is 9.59 Å². The van der Waals surface area contributed by atoms with Gasteiger partial charge in [0, 0.05) is 24.0 Å². The van der Waals surface area contributed by atoms with E-state index in [9.17, 15) is 14.4 Å². The Balaban J connectivity index is 1.31. The van der Waals surface area contributed by atoms with Crippen molar-refractivity contribution in [3.63, 3.8) is 0 Å². The first-order valence-corrected chi connectivity index (χ1v) is 13.3. The van der Waals surface area contributed by atoms with Gasteiger partial charge in [0.25, 0.3) is 11.8 Å². The van der Waals surface area contributed by atoms with Crippen molar-refractivity contribution >= 4 is 34.4 Å². The Hall–Kier alpha value is -4.07. The number of carbonyl (C=O) groups excluding carboxylic acids is 3. The number of anilines is 1. The molecule has 8 nitrogen and oxygen atoms in total. The van der Waals surface area contributed by atoms with E-state index in [1.807, 2.05) is 18.2 Å². The number of hydrogen-bond acceptors (Lipinski definition) is 4. The van der Waals surface area contributed by atoms with Crippen molar-refractivity contribution in [3.8, 4) is 5.75 Å². The van der Waals surface area contributed by atoms with Crippen LogP contribution in [0.15, 0.2) is 54.1 Å². The Bertz CT molecular complexity index is 1490. The number of benzene rings is 2. The largest absolute Gasteiger partial charge is 0.497 e. The SMILES string of the molecule is COc1ccc2[nH]c3c(c2c1)CCN1C(=O)N(c2ccccc2C(=O)NCCC2=CCCCC2)C(=O)[C@]31C. The Morgan fingerprint density at radius 2 is 1.97 bits per heavy atom. The van der Waals surface area contributed by atoms with Crippen LogP contribution in [0.2, 0.25) is 0 Å². The van der Waals surface area contributed by atoms with Gasteiger partial charge in [0.05, 0.1) is 24.1 Å². The second kappa shape index (κ2) is 9.35. The molecular formula is C30H32N4O4. The first-order valence-electron chi connectivity index (χ1n) is 13.3. The molecule has 0 unspecified atom stereocenters. The minimum atomic E-state index is -1.20. The number of para-hydroxylation sites is 1. The number of nitrogens with one attached hydrogen (secondary N) is 2. The molecule has 4 amide bonds. The zero-order valence-corrected chi connectivity index (χ0v) is 21.8. The van der Waals surface area contributed by atoms with Crippen molar-refractivity contribution in [1.29, 1.82) is 0 Å². The van der Waals surface area contributed by atoms with Gasteiger partial charge in [-0.2, -0.15) is 0 Å². The molecule has 38 heavy (non-hydrogen) atoms.